The van der Waals surface area contributed by atoms with Gasteiger partial charge < -0.3 is 10.1 Å². The van der Waals surface area contributed by atoms with Crippen LogP contribution in [0.1, 0.15) is 16.1 Å². The van der Waals surface area contributed by atoms with Gasteiger partial charge in [0.05, 0.1) is 11.4 Å². The lowest BCUT2D eigenvalue weighted by Crippen LogP contribution is -2.43. The molecule has 0 bridgehead atoms. The van der Waals surface area contributed by atoms with E-state index in [2.05, 4.69) is 15.5 Å². The van der Waals surface area contributed by atoms with Crippen molar-refractivity contribution in [1.29, 1.82) is 0 Å². The van der Waals surface area contributed by atoms with Gasteiger partial charge in [-0.1, -0.05) is 36.4 Å². The van der Waals surface area contributed by atoms with Crippen LogP contribution in [-0.4, -0.2) is 28.8 Å². The van der Waals surface area contributed by atoms with Crippen LogP contribution in [0.25, 0.3) is 10.8 Å². The average molecular weight is 321 g/mol. The van der Waals surface area contributed by atoms with E-state index in [4.69, 9.17) is 4.74 Å². The van der Waals surface area contributed by atoms with Crippen molar-refractivity contribution in [1.82, 2.24) is 15.5 Å². The van der Waals surface area contributed by atoms with E-state index in [-0.39, 0.29) is 23.2 Å². The van der Waals surface area contributed by atoms with Gasteiger partial charge in [0, 0.05) is 5.39 Å². The fourth-order valence-corrected chi connectivity index (χ4v) is 2.96. The highest BCUT2D eigenvalue weighted by Gasteiger charge is 2.23. The molecule has 1 amide bonds. The van der Waals surface area contributed by atoms with Gasteiger partial charge >= 0.3 is 0 Å². The molecule has 2 N–H and O–H groups in total. The molecule has 0 radical (unpaired) electrons. The number of hydrogen-bond donors (Lipinski definition) is 2. The molecule has 6 nitrogen and oxygen atoms in total. The van der Waals surface area contributed by atoms with Crippen molar-refractivity contribution in [3.63, 3.8) is 0 Å². The number of aromatic amines is 1. The summed E-state index contributed by atoms with van der Waals surface area (Å²) < 4.78 is 5.69. The Kier molecular flexibility index (Phi) is 3.49. The van der Waals surface area contributed by atoms with E-state index in [9.17, 15) is 9.59 Å². The predicted octanol–water partition coefficient (Wildman–Crippen LogP) is 1.66. The second-order valence-corrected chi connectivity index (χ2v) is 5.74. The average Bonchev–Trinajstić information content (AvgIpc) is 2.62. The molecule has 0 fully saturated rings. The monoisotopic (exact) mass is 321 g/mol. The molecule has 2 heterocycles. The normalized spacial score (nSPS) is 16.2. The van der Waals surface area contributed by atoms with E-state index < -0.39 is 0 Å². The van der Waals surface area contributed by atoms with Gasteiger partial charge in [-0.15, -0.1) is 0 Å². The highest BCUT2D eigenvalue weighted by atomic mass is 16.5. The van der Waals surface area contributed by atoms with Crippen molar-refractivity contribution in [2.24, 2.45) is 0 Å². The summed E-state index contributed by atoms with van der Waals surface area (Å²) in [6.07, 6.45) is 0.698. The first kappa shape index (κ1) is 14.4. The summed E-state index contributed by atoms with van der Waals surface area (Å²) in [4.78, 5) is 24.4. The number of ether oxygens (including phenoxy) is 1. The first-order valence-electron chi connectivity index (χ1n) is 7.71. The molecular weight excluding hydrogens is 306 g/mol. The van der Waals surface area contributed by atoms with Crippen LogP contribution >= 0.6 is 0 Å². The smallest absolute Gasteiger partial charge is 0.272 e. The third-order valence-corrected chi connectivity index (χ3v) is 4.13. The van der Waals surface area contributed by atoms with Crippen molar-refractivity contribution >= 4 is 16.7 Å². The molecule has 3 aromatic rings. The maximum Gasteiger partial charge on any atom is 0.272 e. The van der Waals surface area contributed by atoms with Gasteiger partial charge in [-0.2, -0.15) is 5.10 Å². The standard InChI is InChI=1S/C18H15N3O3/c22-17-14-7-3-2-6-13(14)16(20-21-17)18(23)19-12-9-11-5-1-4-8-15(11)24-10-12/h1-8,12H,9-10H2,(H,19,23)(H,21,22). The third kappa shape index (κ3) is 2.52. The van der Waals surface area contributed by atoms with E-state index >= 15 is 0 Å². The number of rotatable bonds is 2. The summed E-state index contributed by atoms with van der Waals surface area (Å²) in [5.41, 5.74) is 0.967. The van der Waals surface area contributed by atoms with Crippen LogP contribution in [0.15, 0.2) is 53.3 Å². The number of amides is 1. The largest absolute Gasteiger partial charge is 0.491 e. The minimum atomic E-state index is -0.324. The zero-order chi connectivity index (χ0) is 16.5. The maximum atomic E-state index is 12.6. The fraction of sp³-hybridized carbons (Fsp3) is 0.167. The number of hydrogen-bond acceptors (Lipinski definition) is 4. The van der Waals surface area contributed by atoms with Crippen LogP contribution in [-0.2, 0) is 6.42 Å². The van der Waals surface area contributed by atoms with Gasteiger partial charge in [-0.05, 0) is 24.1 Å². The quantitative estimate of drug-likeness (QED) is 0.752. The molecule has 24 heavy (non-hydrogen) atoms. The van der Waals surface area contributed by atoms with Crippen LogP contribution in [0.5, 0.6) is 5.75 Å². The summed E-state index contributed by atoms with van der Waals surface area (Å²) in [7, 11) is 0. The minimum absolute atomic E-state index is 0.139. The summed E-state index contributed by atoms with van der Waals surface area (Å²) in [6.45, 7) is 0.407. The van der Waals surface area contributed by atoms with E-state index in [1.165, 1.54) is 0 Å². The number of aromatic nitrogens is 2. The Morgan fingerprint density at radius 2 is 1.88 bits per heavy atom. The molecule has 4 rings (SSSR count). The summed E-state index contributed by atoms with van der Waals surface area (Å²) >= 11 is 0. The lowest BCUT2D eigenvalue weighted by Gasteiger charge is -2.25. The molecule has 0 saturated carbocycles. The number of nitrogens with zero attached hydrogens (tertiary/aromatic N) is 1. The number of fused-ring (bicyclic) bond motifs is 2. The Morgan fingerprint density at radius 3 is 2.75 bits per heavy atom. The number of carbonyl (C=O) groups is 1. The lowest BCUT2D eigenvalue weighted by atomic mass is 10.0. The van der Waals surface area contributed by atoms with E-state index in [0.717, 1.165) is 11.3 Å². The number of para-hydroxylation sites is 1. The molecule has 0 aliphatic carbocycles. The van der Waals surface area contributed by atoms with E-state index in [0.29, 0.717) is 23.8 Å². The summed E-state index contributed by atoms with van der Waals surface area (Å²) in [5, 5.41) is 10.2. The molecule has 2 aromatic carbocycles. The molecule has 1 aliphatic rings. The predicted molar refractivity (Wildman–Crippen MR) is 89.3 cm³/mol. The second kappa shape index (κ2) is 5.81. The number of carbonyl (C=O) groups excluding carboxylic acids is 1. The van der Waals surface area contributed by atoms with Crippen molar-refractivity contribution < 1.29 is 9.53 Å². The zero-order valence-electron chi connectivity index (χ0n) is 12.8. The van der Waals surface area contributed by atoms with Gasteiger partial charge in [0.2, 0.25) is 0 Å². The molecule has 1 atom stereocenters. The van der Waals surface area contributed by atoms with Crippen molar-refractivity contribution in [3.05, 3.63) is 70.1 Å². The molecular formula is C18H15N3O3. The van der Waals surface area contributed by atoms with Gasteiger partial charge in [0.15, 0.2) is 5.69 Å². The Balaban J connectivity index is 1.60. The van der Waals surface area contributed by atoms with Crippen molar-refractivity contribution in [2.75, 3.05) is 6.61 Å². The molecule has 0 spiro atoms. The Labute approximate surface area is 137 Å². The van der Waals surface area contributed by atoms with E-state index in [1.54, 1.807) is 24.3 Å². The van der Waals surface area contributed by atoms with Crippen molar-refractivity contribution in [3.8, 4) is 5.75 Å². The van der Waals surface area contributed by atoms with Crippen LogP contribution < -0.4 is 15.6 Å². The van der Waals surface area contributed by atoms with Crippen LogP contribution in [0.3, 0.4) is 0 Å². The van der Waals surface area contributed by atoms with Gasteiger partial charge in [-0.25, -0.2) is 5.10 Å². The van der Waals surface area contributed by atoms with Crippen LogP contribution in [0.2, 0.25) is 0 Å². The highest BCUT2D eigenvalue weighted by molar-refractivity contribution is 6.04. The second-order valence-electron chi connectivity index (χ2n) is 5.74. The number of benzene rings is 2. The van der Waals surface area contributed by atoms with Crippen molar-refractivity contribution in [2.45, 2.75) is 12.5 Å². The molecule has 6 heteroatoms. The fourth-order valence-electron chi connectivity index (χ4n) is 2.96. The molecule has 0 saturated heterocycles. The first-order chi connectivity index (χ1) is 11.7. The summed E-state index contributed by atoms with van der Waals surface area (Å²) in [6, 6.07) is 14.6. The van der Waals surface area contributed by atoms with Crippen LogP contribution in [0.4, 0.5) is 0 Å². The Morgan fingerprint density at radius 1 is 1.12 bits per heavy atom. The van der Waals surface area contributed by atoms with Gasteiger partial charge in [-0.3, -0.25) is 9.59 Å². The minimum Gasteiger partial charge on any atom is -0.491 e. The lowest BCUT2D eigenvalue weighted by molar-refractivity contribution is 0.0911. The van der Waals surface area contributed by atoms with Gasteiger partial charge in [0.25, 0.3) is 11.5 Å². The topological polar surface area (TPSA) is 84.1 Å². The van der Waals surface area contributed by atoms with Crippen LogP contribution in [0, 0.1) is 0 Å². The third-order valence-electron chi connectivity index (χ3n) is 4.13. The SMILES string of the molecule is O=C(NC1COc2ccccc2C1)c1n[nH]c(=O)c2ccccc12. The maximum absolute atomic E-state index is 12.6. The molecule has 1 aromatic heterocycles. The van der Waals surface area contributed by atoms with E-state index in [1.807, 2.05) is 24.3 Å². The zero-order valence-corrected chi connectivity index (χ0v) is 12.8. The molecule has 120 valence electrons. The summed E-state index contributed by atoms with van der Waals surface area (Å²) in [5.74, 6) is 0.533. The number of nitrogens with one attached hydrogen (secondary N) is 2. The molecule has 1 aliphatic heterocycles. The Bertz CT molecular complexity index is 980. The molecule has 1 unspecified atom stereocenters. The van der Waals surface area contributed by atoms with Gasteiger partial charge in [0.1, 0.15) is 12.4 Å². The Hall–Kier alpha value is -3.15. The highest BCUT2D eigenvalue weighted by Crippen LogP contribution is 2.24. The number of H-pyrrole nitrogens is 1. The first-order valence-corrected chi connectivity index (χ1v) is 7.71.